The minimum absolute atomic E-state index is 0.0524. The lowest BCUT2D eigenvalue weighted by Gasteiger charge is -2.14. The fraction of sp³-hybridized carbons (Fsp3) is 0.286. The van der Waals surface area contributed by atoms with Crippen molar-refractivity contribution in [1.82, 2.24) is 44.8 Å². The Balaban J connectivity index is 0.000000261. The van der Waals surface area contributed by atoms with Crippen LogP contribution in [0, 0.1) is 0 Å². The number of nitrogen functional groups attached to an aromatic ring is 2. The molecule has 5 aromatic rings. The van der Waals surface area contributed by atoms with Crippen LogP contribution in [0.5, 0.6) is 0 Å². The van der Waals surface area contributed by atoms with E-state index in [-0.39, 0.29) is 47.9 Å². The van der Waals surface area contributed by atoms with Crippen molar-refractivity contribution in [3.63, 3.8) is 0 Å². The number of hydrogen-bond acceptors (Lipinski definition) is 15. The predicted octanol–water partition coefficient (Wildman–Crippen LogP) is -0.0960. The van der Waals surface area contributed by atoms with Gasteiger partial charge in [-0.2, -0.15) is 4.98 Å². The average molecular weight is 729 g/mol. The number of aromatic nitrogens is 8. The minimum atomic E-state index is -4.16. The lowest BCUT2D eigenvalue weighted by Crippen LogP contribution is -2.41. The van der Waals surface area contributed by atoms with E-state index >= 15 is 0 Å². The average Bonchev–Trinajstić information content (AvgIpc) is 3.48. The van der Waals surface area contributed by atoms with Crippen molar-refractivity contribution in [3.8, 4) is 0 Å². The number of nitrogens with two attached hydrogens (primary N) is 2. The number of hydrogen-bond donors (Lipinski definition) is 9. The smallest absolute Gasteiger partial charge is 0.350 e. The summed E-state index contributed by atoms with van der Waals surface area (Å²) >= 11 is 0. The second-order valence-electron chi connectivity index (χ2n) is 10.8. The van der Waals surface area contributed by atoms with E-state index in [1.807, 2.05) is 0 Å². The van der Waals surface area contributed by atoms with Gasteiger partial charge >= 0.3 is 19.5 Å². The Hall–Kier alpha value is -6.09. The maximum atomic E-state index is 12.3. The molecule has 51 heavy (non-hydrogen) atoms. The number of nitrogens with zero attached hydrogens (tertiary/aromatic N) is 7. The van der Waals surface area contributed by atoms with Crippen molar-refractivity contribution >= 4 is 65.2 Å². The van der Waals surface area contributed by atoms with Crippen molar-refractivity contribution in [2.75, 3.05) is 23.1 Å². The van der Waals surface area contributed by atoms with Crippen molar-refractivity contribution < 1.29 is 43.7 Å². The lowest BCUT2D eigenvalue weighted by atomic mass is 10.1. The lowest BCUT2D eigenvalue weighted by molar-refractivity contribution is -0.140. The van der Waals surface area contributed by atoms with Crippen LogP contribution < -0.4 is 27.7 Å². The molecule has 0 saturated heterocycles. The first-order valence-electron chi connectivity index (χ1n) is 14.8. The van der Waals surface area contributed by atoms with Gasteiger partial charge in [-0.3, -0.25) is 23.9 Å². The van der Waals surface area contributed by atoms with E-state index in [2.05, 4.69) is 45.5 Å². The molecule has 0 aliphatic heterocycles. The van der Waals surface area contributed by atoms with E-state index in [1.165, 1.54) is 31.0 Å². The van der Waals surface area contributed by atoms with Gasteiger partial charge in [-0.1, -0.05) is 0 Å². The number of benzene rings is 1. The number of carbonyl (C=O) groups excluding carboxylic acids is 1. The van der Waals surface area contributed by atoms with E-state index in [1.54, 1.807) is 23.6 Å². The standard InChI is InChI=1S/C19H19N7O6.C9H14N5O4P/c20-19-25-15-14(17(30)26-19)23-11(8-22-15)7-21-10-3-1-9(2-4-10)16(29)24-12(18(31)32)5-6-13(27)28;1-6(18-5-19(15,16)17)2-14-4-13-7-8(10)11-3-12-9(7)14/h1-4,8,12,21H,5-7H2,(H,24,29)(H,27,28)(H,31,32)(H3,20,22,25,26,30);3-4,6H,2,5H2,1H3,(H2,10,11,12)(H2,15,16,17)/t12-;6-/m00/s1. The highest BCUT2D eigenvalue weighted by molar-refractivity contribution is 7.51. The zero-order valence-electron chi connectivity index (χ0n) is 26.7. The summed E-state index contributed by atoms with van der Waals surface area (Å²) in [6, 6.07) is 4.86. The molecule has 5 rings (SSSR count). The third-order valence-corrected chi connectivity index (χ3v) is 7.25. The molecule has 1 aromatic carbocycles. The van der Waals surface area contributed by atoms with E-state index in [0.717, 1.165) is 0 Å². The highest BCUT2D eigenvalue weighted by Crippen LogP contribution is 2.34. The molecule has 23 heteroatoms. The third-order valence-electron chi connectivity index (χ3n) is 6.77. The molecule has 11 N–H and O–H groups in total. The maximum absolute atomic E-state index is 12.3. The molecular formula is C28H33N12O10P. The number of nitrogens with one attached hydrogen (secondary N) is 3. The van der Waals surface area contributed by atoms with Crippen LogP contribution in [0.25, 0.3) is 22.3 Å². The van der Waals surface area contributed by atoms with Crippen LogP contribution in [-0.2, 0) is 32.0 Å². The monoisotopic (exact) mass is 728 g/mol. The van der Waals surface area contributed by atoms with E-state index < -0.39 is 49.5 Å². The maximum Gasteiger partial charge on any atom is 0.350 e. The molecule has 0 fully saturated rings. The third kappa shape index (κ3) is 11.0. The molecule has 0 unspecified atom stereocenters. The molecule has 0 saturated carbocycles. The summed E-state index contributed by atoms with van der Waals surface area (Å²) in [5, 5.41) is 23.2. The van der Waals surface area contributed by atoms with Gasteiger partial charge in [-0.05, 0) is 37.6 Å². The Kier molecular flexibility index (Phi) is 12.2. The number of imidazole rings is 1. The van der Waals surface area contributed by atoms with Crippen LogP contribution in [0.1, 0.15) is 35.8 Å². The van der Waals surface area contributed by atoms with Gasteiger partial charge in [0, 0.05) is 17.7 Å². The molecule has 0 radical (unpaired) electrons. The number of carboxylic acid groups (broad SMARTS) is 2. The van der Waals surface area contributed by atoms with Gasteiger partial charge < -0.3 is 51.4 Å². The number of carboxylic acids is 2. The zero-order chi connectivity index (χ0) is 37.3. The summed E-state index contributed by atoms with van der Waals surface area (Å²) in [6.45, 7) is 2.29. The summed E-state index contributed by atoms with van der Waals surface area (Å²) in [4.78, 5) is 90.0. The minimum Gasteiger partial charge on any atom is -0.481 e. The van der Waals surface area contributed by atoms with Gasteiger partial charge in [-0.15, -0.1) is 0 Å². The van der Waals surface area contributed by atoms with Gasteiger partial charge in [0.1, 0.15) is 24.2 Å². The zero-order valence-corrected chi connectivity index (χ0v) is 27.6. The molecule has 4 heterocycles. The number of aliphatic carboxylic acids is 2. The van der Waals surface area contributed by atoms with Gasteiger partial charge in [0.2, 0.25) is 5.95 Å². The molecule has 270 valence electrons. The van der Waals surface area contributed by atoms with Crippen LogP contribution in [0.3, 0.4) is 0 Å². The fourth-order valence-corrected chi connectivity index (χ4v) is 4.79. The molecule has 0 bridgehead atoms. The predicted molar refractivity (Wildman–Crippen MR) is 179 cm³/mol. The molecule has 0 aliphatic rings. The second kappa shape index (κ2) is 16.5. The summed E-state index contributed by atoms with van der Waals surface area (Å²) in [5.41, 5.74) is 13.2. The van der Waals surface area contributed by atoms with Crippen molar-refractivity contribution in [1.29, 1.82) is 0 Å². The molecule has 4 aromatic heterocycles. The van der Waals surface area contributed by atoms with E-state index in [9.17, 15) is 23.7 Å². The number of fused-ring (bicyclic) bond motifs is 2. The Morgan fingerprint density at radius 3 is 2.43 bits per heavy atom. The summed E-state index contributed by atoms with van der Waals surface area (Å²) < 4.78 is 17.5. The number of rotatable bonds is 14. The number of carbonyl (C=O) groups is 3. The summed E-state index contributed by atoms with van der Waals surface area (Å²) in [7, 11) is -4.16. The molecule has 22 nitrogen and oxygen atoms in total. The normalized spacial score (nSPS) is 12.5. The Labute approximate surface area is 286 Å². The number of amides is 1. The van der Waals surface area contributed by atoms with Crippen LogP contribution in [0.4, 0.5) is 17.5 Å². The van der Waals surface area contributed by atoms with Gasteiger partial charge in [-0.25, -0.2) is 29.7 Å². The fourth-order valence-electron chi connectivity index (χ4n) is 4.34. The first kappa shape index (κ1) is 37.7. The highest BCUT2D eigenvalue weighted by atomic mass is 31.2. The first-order valence-corrected chi connectivity index (χ1v) is 16.6. The second-order valence-corrected chi connectivity index (χ2v) is 12.4. The number of anilines is 3. The Morgan fingerprint density at radius 1 is 1.04 bits per heavy atom. The quantitative estimate of drug-likeness (QED) is 0.0674. The van der Waals surface area contributed by atoms with Gasteiger partial charge in [0.05, 0.1) is 37.4 Å². The summed E-state index contributed by atoms with van der Waals surface area (Å²) in [5.74, 6) is -2.87. The molecule has 0 spiro atoms. The van der Waals surface area contributed by atoms with Crippen molar-refractivity contribution in [2.45, 2.75) is 45.0 Å². The van der Waals surface area contributed by atoms with Crippen LogP contribution in [0.2, 0.25) is 0 Å². The van der Waals surface area contributed by atoms with Crippen LogP contribution >= 0.6 is 7.60 Å². The molecule has 1 amide bonds. The van der Waals surface area contributed by atoms with Crippen LogP contribution in [0.15, 0.2) is 47.9 Å². The molecular weight excluding hydrogens is 695 g/mol. The first-order chi connectivity index (χ1) is 24.1. The van der Waals surface area contributed by atoms with Crippen LogP contribution in [-0.4, -0.2) is 95.8 Å². The Bertz CT molecular complexity index is 2140. The topological polar surface area (TPSA) is 350 Å². The highest BCUT2D eigenvalue weighted by Gasteiger charge is 2.22. The Morgan fingerprint density at radius 2 is 1.76 bits per heavy atom. The van der Waals surface area contributed by atoms with E-state index in [0.29, 0.717) is 29.1 Å². The van der Waals surface area contributed by atoms with Gasteiger partial charge in [0.25, 0.3) is 11.5 Å². The summed E-state index contributed by atoms with van der Waals surface area (Å²) in [6.07, 6.45) is 2.69. The number of ether oxygens (including phenoxy) is 1. The molecule has 2 atom stereocenters. The number of H-pyrrole nitrogens is 1. The van der Waals surface area contributed by atoms with Crippen molar-refractivity contribution in [2.24, 2.45) is 0 Å². The number of aromatic amines is 1. The van der Waals surface area contributed by atoms with Gasteiger partial charge in [0.15, 0.2) is 22.6 Å². The van der Waals surface area contributed by atoms with E-state index in [4.69, 9.17) is 36.2 Å². The largest absolute Gasteiger partial charge is 0.481 e. The SMILES string of the molecule is C[C@@H](Cn1cnc2c(N)ncnc21)OCP(=O)(O)O.Nc1nc2ncc(CNc3ccc(C(=O)N[C@@H](CCC(=O)O)C(=O)O)cc3)nc2c(=O)[nH]1. The van der Waals surface area contributed by atoms with Crippen molar-refractivity contribution in [3.05, 3.63) is 64.7 Å². The molecule has 0 aliphatic carbocycles.